The number of carboxylic acids is 1. The van der Waals surface area contributed by atoms with Gasteiger partial charge >= 0.3 is 5.97 Å². The highest BCUT2D eigenvalue weighted by atomic mass is 32.2. The average Bonchev–Trinajstić information content (AvgIpc) is 2.23. The summed E-state index contributed by atoms with van der Waals surface area (Å²) in [5, 5.41) is 8.84. The fourth-order valence-electron chi connectivity index (χ4n) is 2.16. The second kappa shape index (κ2) is 6.09. The molecular weight excluding hydrogens is 284 g/mol. The lowest BCUT2D eigenvalue weighted by atomic mass is 9.99. The minimum atomic E-state index is -3.27. The highest BCUT2D eigenvalue weighted by molar-refractivity contribution is 7.91. The van der Waals surface area contributed by atoms with Crippen LogP contribution in [0.15, 0.2) is 0 Å². The van der Waals surface area contributed by atoms with Gasteiger partial charge in [-0.15, -0.1) is 0 Å². The Labute approximate surface area is 119 Å². The highest BCUT2D eigenvalue weighted by Gasteiger charge is 2.35. The normalized spacial score (nSPS) is 22.6. The van der Waals surface area contributed by atoms with E-state index in [1.54, 1.807) is 13.8 Å². The number of hydrogen-bond donors (Lipinski definition) is 2. The number of nitrogens with two attached hydrogens (primary N) is 1. The van der Waals surface area contributed by atoms with Crippen LogP contribution in [0.3, 0.4) is 0 Å². The van der Waals surface area contributed by atoms with Crippen molar-refractivity contribution in [2.45, 2.75) is 44.7 Å². The van der Waals surface area contributed by atoms with E-state index in [0.717, 1.165) is 0 Å². The zero-order chi connectivity index (χ0) is 15.6. The summed E-state index contributed by atoms with van der Waals surface area (Å²) in [6, 6.07) is -0.778. The Balaban J connectivity index is 2.74. The molecule has 0 aromatic rings. The number of carbonyl (C=O) groups excluding carboxylic acids is 1. The van der Waals surface area contributed by atoms with Gasteiger partial charge in [0.1, 0.15) is 0 Å². The lowest BCUT2D eigenvalue weighted by Gasteiger charge is -2.35. The molecule has 0 aliphatic carbocycles. The molecule has 20 heavy (non-hydrogen) atoms. The molecule has 1 rings (SSSR count). The van der Waals surface area contributed by atoms with E-state index < -0.39 is 27.4 Å². The molecule has 116 valence electrons. The van der Waals surface area contributed by atoms with Crippen molar-refractivity contribution in [2.24, 2.45) is 5.73 Å². The van der Waals surface area contributed by atoms with E-state index in [0.29, 0.717) is 6.42 Å². The van der Waals surface area contributed by atoms with Crippen LogP contribution in [0.5, 0.6) is 0 Å². The maximum absolute atomic E-state index is 12.1. The molecule has 1 unspecified atom stereocenters. The summed E-state index contributed by atoms with van der Waals surface area (Å²) >= 11 is 0. The third-order valence-corrected chi connectivity index (χ3v) is 4.94. The molecule has 1 aliphatic rings. The molecule has 1 saturated heterocycles. The first-order chi connectivity index (χ1) is 9.00. The topological polar surface area (TPSA) is 118 Å². The Morgan fingerprint density at radius 3 is 2.50 bits per heavy atom. The number of amides is 1. The molecule has 0 bridgehead atoms. The van der Waals surface area contributed by atoms with Gasteiger partial charge in [0.2, 0.25) is 5.91 Å². The molecule has 1 fully saturated rings. The van der Waals surface area contributed by atoms with Crippen LogP contribution in [0.2, 0.25) is 0 Å². The van der Waals surface area contributed by atoms with Crippen LogP contribution in [-0.2, 0) is 19.4 Å². The van der Waals surface area contributed by atoms with Crippen LogP contribution in [-0.4, -0.2) is 59.9 Å². The molecule has 0 aromatic heterocycles. The van der Waals surface area contributed by atoms with Crippen molar-refractivity contribution in [1.29, 1.82) is 0 Å². The first-order valence-electron chi connectivity index (χ1n) is 6.51. The largest absolute Gasteiger partial charge is 0.481 e. The van der Waals surface area contributed by atoms with Gasteiger partial charge in [0.25, 0.3) is 0 Å². The van der Waals surface area contributed by atoms with Crippen molar-refractivity contribution in [1.82, 2.24) is 4.90 Å². The molecule has 1 atom stereocenters. The van der Waals surface area contributed by atoms with E-state index in [1.807, 2.05) is 0 Å². The van der Waals surface area contributed by atoms with Gasteiger partial charge in [-0.05, 0) is 20.3 Å². The lowest BCUT2D eigenvalue weighted by Crippen LogP contribution is -2.52. The SMILES string of the molecule is CC(C)(N)CCC(=O)N1CCS(=O)(=O)CC1CC(=O)O. The van der Waals surface area contributed by atoms with Gasteiger partial charge in [0.15, 0.2) is 9.84 Å². The Hall–Kier alpha value is -1.15. The summed E-state index contributed by atoms with van der Waals surface area (Å²) in [6.07, 6.45) is 0.311. The summed E-state index contributed by atoms with van der Waals surface area (Å²) in [6.45, 7) is 3.66. The fraction of sp³-hybridized carbons (Fsp3) is 0.833. The van der Waals surface area contributed by atoms with Crippen LogP contribution >= 0.6 is 0 Å². The second-order valence-electron chi connectivity index (χ2n) is 5.94. The third kappa shape index (κ3) is 5.46. The van der Waals surface area contributed by atoms with Crippen molar-refractivity contribution in [2.75, 3.05) is 18.1 Å². The molecule has 0 spiro atoms. The number of rotatable bonds is 5. The van der Waals surface area contributed by atoms with Crippen molar-refractivity contribution >= 4 is 21.7 Å². The molecule has 3 N–H and O–H groups in total. The van der Waals surface area contributed by atoms with Gasteiger partial charge in [-0.25, -0.2) is 8.42 Å². The third-order valence-electron chi connectivity index (χ3n) is 3.24. The van der Waals surface area contributed by atoms with Crippen LogP contribution in [0.4, 0.5) is 0 Å². The molecule has 1 heterocycles. The number of aliphatic carboxylic acids is 1. The lowest BCUT2D eigenvalue weighted by molar-refractivity contribution is -0.140. The number of carboxylic acid groups (broad SMARTS) is 1. The quantitative estimate of drug-likeness (QED) is 0.714. The van der Waals surface area contributed by atoms with E-state index in [4.69, 9.17) is 10.8 Å². The van der Waals surface area contributed by atoms with Gasteiger partial charge in [-0.3, -0.25) is 9.59 Å². The molecule has 0 aromatic carbocycles. The molecule has 0 radical (unpaired) electrons. The average molecular weight is 306 g/mol. The van der Waals surface area contributed by atoms with Crippen LogP contribution in [0.25, 0.3) is 0 Å². The summed E-state index contributed by atoms with van der Waals surface area (Å²) in [7, 11) is -3.27. The Bertz CT molecular complexity index is 481. The molecule has 1 aliphatic heterocycles. The molecule has 8 heteroatoms. The van der Waals surface area contributed by atoms with Crippen molar-refractivity contribution < 1.29 is 23.1 Å². The predicted octanol–water partition coefficient (Wildman–Crippen LogP) is -0.396. The summed E-state index contributed by atoms with van der Waals surface area (Å²) in [4.78, 5) is 24.3. The van der Waals surface area contributed by atoms with Crippen LogP contribution in [0, 0.1) is 0 Å². The van der Waals surface area contributed by atoms with Crippen molar-refractivity contribution in [3.63, 3.8) is 0 Å². The number of hydrogen-bond acceptors (Lipinski definition) is 5. The summed E-state index contributed by atoms with van der Waals surface area (Å²) < 4.78 is 23.2. The van der Waals surface area contributed by atoms with Crippen LogP contribution < -0.4 is 5.73 Å². The Morgan fingerprint density at radius 1 is 1.40 bits per heavy atom. The molecule has 7 nitrogen and oxygen atoms in total. The van der Waals surface area contributed by atoms with Crippen molar-refractivity contribution in [3.8, 4) is 0 Å². The maximum atomic E-state index is 12.1. The predicted molar refractivity (Wildman–Crippen MR) is 73.9 cm³/mol. The van der Waals surface area contributed by atoms with E-state index in [-0.39, 0.29) is 36.8 Å². The van der Waals surface area contributed by atoms with Gasteiger partial charge in [-0.1, -0.05) is 0 Å². The second-order valence-corrected chi connectivity index (χ2v) is 8.17. The first-order valence-corrected chi connectivity index (χ1v) is 8.33. The summed E-state index contributed by atoms with van der Waals surface area (Å²) in [5.74, 6) is -1.73. The first kappa shape index (κ1) is 16.9. The number of carbonyl (C=O) groups is 2. The van der Waals surface area contributed by atoms with Gasteiger partial charge in [0, 0.05) is 18.5 Å². The minimum Gasteiger partial charge on any atom is -0.481 e. The van der Waals surface area contributed by atoms with E-state index >= 15 is 0 Å². The van der Waals surface area contributed by atoms with Gasteiger partial charge in [-0.2, -0.15) is 0 Å². The molecule has 1 amide bonds. The fourth-order valence-corrected chi connectivity index (χ4v) is 3.68. The van der Waals surface area contributed by atoms with Crippen LogP contribution in [0.1, 0.15) is 33.1 Å². The van der Waals surface area contributed by atoms with Gasteiger partial charge < -0.3 is 15.7 Å². The van der Waals surface area contributed by atoms with E-state index in [9.17, 15) is 18.0 Å². The zero-order valence-electron chi connectivity index (χ0n) is 11.8. The van der Waals surface area contributed by atoms with E-state index in [1.165, 1.54) is 4.90 Å². The number of sulfone groups is 1. The minimum absolute atomic E-state index is 0.0596. The highest BCUT2D eigenvalue weighted by Crippen LogP contribution is 2.18. The van der Waals surface area contributed by atoms with E-state index in [2.05, 4.69) is 0 Å². The summed E-state index contributed by atoms with van der Waals surface area (Å²) in [5.41, 5.74) is 5.32. The van der Waals surface area contributed by atoms with Crippen molar-refractivity contribution in [3.05, 3.63) is 0 Å². The van der Waals surface area contributed by atoms with Gasteiger partial charge in [0.05, 0.1) is 24.0 Å². The molecular formula is C12H22N2O5S. The monoisotopic (exact) mass is 306 g/mol. The zero-order valence-corrected chi connectivity index (χ0v) is 12.6. The molecule has 0 saturated carbocycles. The Kier molecular flexibility index (Phi) is 5.15. The number of nitrogens with zero attached hydrogens (tertiary/aromatic N) is 1. The standard InChI is InChI=1S/C12H22N2O5S/c1-12(2,13)4-3-10(15)14-5-6-20(18,19)8-9(14)7-11(16)17/h9H,3-8,13H2,1-2H3,(H,16,17). The maximum Gasteiger partial charge on any atom is 0.305 e. The Morgan fingerprint density at radius 2 is 2.00 bits per heavy atom. The smallest absolute Gasteiger partial charge is 0.305 e.